The van der Waals surface area contributed by atoms with Crippen molar-refractivity contribution >= 4 is 23.2 Å². The summed E-state index contributed by atoms with van der Waals surface area (Å²) in [6.07, 6.45) is 0.000452. The van der Waals surface area contributed by atoms with Crippen LogP contribution in [-0.4, -0.2) is 5.11 Å². The minimum atomic E-state index is -0.579. The van der Waals surface area contributed by atoms with E-state index in [-0.39, 0.29) is 0 Å². The maximum absolute atomic E-state index is 10.4. The van der Waals surface area contributed by atoms with Gasteiger partial charge < -0.3 is 5.11 Å². The summed E-state index contributed by atoms with van der Waals surface area (Å²) in [4.78, 5) is 0. The Morgan fingerprint density at radius 3 is 2.10 bits per heavy atom. The van der Waals surface area contributed by atoms with E-state index in [1.54, 1.807) is 12.1 Å². The van der Waals surface area contributed by atoms with Crippen LogP contribution in [0.25, 0.3) is 0 Å². The topological polar surface area (TPSA) is 20.2 Å². The highest BCUT2D eigenvalue weighted by Gasteiger charge is 2.13. The minimum absolute atomic E-state index is 0.473. The Balaban J connectivity index is 2.27. The molecule has 1 N–H and O–H groups in total. The highest BCUT2D eigenvalue weighted by molar-refractivity contribution is 6.42. The number of halogens is 2. The van der Waals surface area contributed by atoms with Gasteiger partial charge in [-0.3, -0.25) is 0 Å². The molecule has 106 valence electrons. The lowest BCUT2D eigenvalue weighted by atomic mass is 9.93. The normalized spacial score (nSPS) is 12.5. The van der Waals surface area contributed by atoms with Crippen LogP contribution in [-0.2, 0) is 6.42 Å². The zero-order valence-corrected chi connectivity index (χ0v) is 13.4. The lowest BCUT2D eigenvalue weighted by molar-refractivity contribution is 0.178. The average Bonchev–Trinajstić information content (AvgIpc) is 2.36. The minimum Gasteiger partial charge on any atom is -0.388 e. The van der Waals surface area contributed by atoms with Crippen LogP contribution >= 0.6 is 23.2 Å². The molecule has 2 aromatic carbocycles. The van der Waals surface area contributed by atoms with Crippen LogP contribution in [0.3, 0.4) is 0 Å². The standard InChI is InChI=1S/C17H18Cl2O/c1-10-6-11(2)14(12(3)7-10)9-17(20)13-4-5-15(18)16(19)8-13/h4-8,17,20H,9H2,1-3H3. The zero-order chi connectivity index (χ0) is 14.9. The van der Waals surface area contributed by atoms with Crippen molar-refractivity contribution in [2.75, 3.05) is 0 Å². The number of aliphatic hydroxyl groups excluding tert-OH is 1. The molecule has 0 saturated carbocycles. The third-order valence-corrected chi connectivity index (χ3v) is 4.31. The van der Waals surface area contributed by atoms with Crippen LogP contribution in [0.1, 0.15) is 33.9 Å². The highest BCUT2D eigenvalue weighted by Crippen LogP contribution is 2.28. The summed E-state index contributed by atoms with van der Waals surface area (Å²) in [5.41, 5.74) is 5.64. The summed E-state index contributed by atoms with van der Waals surface area (Å²) in [7, 11) is 0. The van der Waals surface area contributed by atoms with Crippen molar-refractivity contribution in [3.05, 3.63) is 68.2 Å². The fourth-order valence-electron chi connectivity index (χ4n) is 2.56. The van der Waals surface area contributed by atoms with Crippen LogP contribution < -0.4 is 0 Å². The second-order valence-electron chi connectivity index (χ2n) is 5.27. The Labute approximate surface area is 130 Å². The number of hydrogen-bond donors (Lipinski definition) is 1. The molecule has 2 aromatic rings. The van der Waals surface area contributed by atoms with Crippen LogP contribution in [0.15, 0.2) is 30.3 Å². The first-order valence-electron chi connectivity index (χ1n) is 6.58. The molecule has 1 nitrogen and oxygen atoms in total. The molecule has 0 heterocycles. The summed E-state index contributed by atoms with van der Waals surface area (Å²) in [5, 5.41) is 11.4. The molecular formula is C17H18Cl2O. The van der Waals surface area contributed by atoms with E-state index in [0.717, 1.165) is 5.56 Å². The number of aryl methyl sites for hydroxylation is 3. The van der Waals surface area contributed by atoms with Crippen LogP contribution in [0.4, 0.5) is 0 Å². The van der Waals surface area contributed by atoms with Crippen molar-refractivity contribution in [1.29, 1.82) is 0 Å². The molecule has 1 atom stereocenters. The van der Waals surface area contributed by atoms with Crippen molar-refractivity contribution in [3.63, 3.8) is 0 Å². The molecule has 0 aromatic heterocycles. The molecule has 20 heavy (non-hydrogen) atoms. The van der Waals surface area contributed by atoms with Gasteiger partial charge in [0.1, 0.15) is 0 Å². The second kappa shape index (κ2) is 6.17. The molecule has 0 aliphatic rings. The zero-order valence-electron chi connectivity index (χ0n) is 11.9. The van der Waals surface area contributed by atoms with Gasteiger partial charge in [-0.1, -0.05) is 47.0 Å². The molecule has 0 saturated heterocycles. The molecule has 0 amide bonds. The largest absolute Gasteiger partial charge is 0.388 e. The van der Waals surface area contributed by atoms with Gasteiger partial charge in [-0.2, -0.15) is 0 Å². The lowest BCUT2D eigenvalue weighted by Crippen LogP contribution is -2.05. The lowest BCUT2D eigenvalue weighted by Gasteiger charge is -2.16. The first-order chi connectivity index (χ1) is 9.38. The van der Waals surface area contributed by atoms with E-state index in [0.29, 0.717) is 16.5 Å². The molecule has 3 heteroatoms. The van der Waals surface area contributed by atoms with E-state index in [1.807, 2.05) is 6.07 Å². The van der Waals surface area contributed by atoms with E-state index in [2.05, 4.69) is 32.9 Å². The summed E-state index contributed by atoms with van der Waals surface area (Å²) in [5.74, 6) is 0. The van der Waals surface area contributed by atoms with Gasteiger partial charge in [0.25, 0.3) is 0 Å². The first-order valence-corrected chi connectivity index (χ1v) is 7.34. The molecule has 0 bridgehead atoms. The smallest absolute Gasteiger partial charge is 0.0831 e. The quantitative estimate of drug-likeness (QED) is 0.826. The predicted molar refractivity (Wildman–Crippen MR) is 85.8 cm³/mol. The molecule has 1 unspecified atom stereocenters. The molecule has 0 aliphatic carbocycles. The fourth-order valence-corrected chi connectivity index (χ4v) is 2.87. The molecule has 0 radical (unpaired) electrons. The Morgan fingerprint density at radius 2 is 1.55 bits per heavy atom. The van der Waals surface area contributed by atoms with Gasteiger partial charge in [0.2, 0.25) is 0 Å². The van der Waals surface area contributed by atoms with E-state index in [1.165, 1.54) is 22.3 Å². The van der Waals surface area contributed by atoms with Gasteiger partial charge in [0, 0.05) is 6.42 Å². The Morgan fingerprint density at radius 1 is 0.950 bits per heavy atom. The monoisotopic (exact) mass is 308 g/mol. The Hall–Kier alpha value is -1.02. The first kappa shape index (κ1) is 15.4. The molecule has 0 spiro atoms. The molecular weight excluding hydrogens is 291 g/mol. The predicted octanol–water partition coefficient (Wildman–Crippen LogP) is 5.19. The van der Waals surface area contributed by atoms with E-state index >= 15 is 0 Å². The van der Waals surface area contributed by atoms with Crippen molar-refractivity contribution in [2.24, 2.45) is 0 Å². The van der Waals surface area contributed by atoms with E-state index < -0.39 is 6.10 Å². The number of hydrogen-bond acceptors (Lipinski definition) is 1. The maximum atomic E-state index is 10.4. The van der Waals surface area contributed by atoms with Crippen LogP contribution in [0.5, 0.6) is 0 Å². The van der Waals surface area contributed by atoms with Gasteiger partial charge in [-0.25, -0.2) is 0 Å². The van der Waals surface area contributed by atoms with Gasteiger partial charge in [-0.05, 0) is 55.2 Å². The van der Waals surface area contributed by atoms with Crippen molar-refractivity contribution in [3.8, 4) is 0 Å². The summed E-state index contributed by atoms with van der Waals surface area (Å²) >= 11 is 11.9. The molecule has 0 aliphatic heterocycles. The molecule has 2 rings (SSSR count). The Bertz CT molecular complexity index is 612. The van der Waals surface area contributed by atoms with Gasteiger partial charge in [0.05, 0.1) is 16.1 Å². The molecule has 0 fully saturated rings. The fraction of sp³-hybridized carbons (Fsp3) is 0.294. The Kier molecular flexibility index (Phi) is 4.74. The van der Waals surface area contributed by atoms with Crippen LogP contribution in [0.2, 0.25) is 10.0 Å². The highest BCUT2D eigenvalue weighted by atomic mass is 35.5. The summed E-state index contributed by atoms with van der Waals surface area (Å²) in [6, 6.07) is 9.55. The third kappa shape index (κ3) is 3.35. The third-order valence-electron chi connectivity index (χ3n) is 3.57. The van der Waals surface area contributed by atoms with Crippen molar-refractivity contribution < 1.29 is 5.11 Å². The SMILES string of the molecule is Cc1cc(C)c(CC(O)c2ccc(Cl)c(Cl)c2)c(C)c1. The maximum Gasteiger partial charge on any atom is 0.0831 e. The van der Waals surface area contributed by atoms with E-state index in [9.17, 15) is 5.11 Å². The van der Waals surface area contributed by atoms with E-state index in [4.69, 9.17) is 23.2 Å². The van der Waals surface area contributed by atoms with Gasteiger partial charge in [-0.15, -0.1) is 0 Å². The van der Waals surface area contributed by atoms with Crippen LogP contribution in [0, 0.1) is 20.8 Å². The second-order valence-corrected chi connectivity index (χ2v) is 6.09. The van der Waals surface area contributed by atoms with Gasteiger partial charge >= 0.3 is 0 Å². The van der Waals surface area contributed by atoms with Crippen molar-refractivity contribution in [1.82, 2.24) is 0 Å². The number of aliphatic hydroxyl groups is 1. The van der Waals surface area contributed by atoms with Gasteiger partial charge in [0.15, 0.2) is 0 Å². The summed E-state index contributed by atoms with van der Waals surface area (Å²) in [6.45, 7) is 6.24. The summed E-state index contributed by atoms with van der Waals surface area (Å²) < 4.78 is 0. The number of benzene rings is 2. The average molecular weight is 309 g/mol. The van der Waals surface area contributed by atoms with Crippen molar-refractivity contribution in [2.45, 2.75) is 33.3 Å². The number of rotatable bonds is 3.